The standard InChI is InChI=1S/C11H13BrN2OS/c1-7-3-10(14-15-7)5-13-8(2)11-4-9(12)6-16-11/h3-4,6,8,13H,5H2,1-2H3. The summed E-state index contributed by atoms with van der Waals surface area (Å²) in [6, 6.07) is 4.41. The van der Waals surface area contributed by atoms with Crippen molar-refractivity contribution in [3.05, 3.63) is 38.3 Å². The van der Waals surface area contributed by atoms with Crippen molar-refractivity contribution in [2.45, 2.75) is 26.4 Å². The van der Waals surface area contributed by atoms with E-state index in [1.165, 1.54) is 4.88 Å². The molecule has 0 saturated carbocycles. The molecule has 16 heavy (non-hydrogen) atoms. The summed E-state index contributed by atoms with van der Waals surface area (Å²) < 4.78 is 6.15. The van der Waals surface area contributed by atoms with Crippen LogP contribution in [0.1, 0.15) is 29.3 Å². The lowest BCUT2D eigenvalue weighted by molar-refractivity contribution is 0.386. The molecule has 0 aliphatic rings. The average Bonchev–Trinajstić information content (AvgIpc) is 2.84. The summed E-state index contributed by atoms with van der Waals surface area (Å²) >= 11 is 5.20. The molecule has 2 heterocycles. The van der Waals surface area contributed by atoms with Crippen molar-refractivity contribution in [3.63, 3.8) is 0 Å². The van der Waals surface area contributed by atoms with Gasteiger partial charge < -0.3 is 9.84 Å². The van der Waals surface area contributed by atoms with Crippen molar-refractivity contribution < 1.29 is 4.52 Å². The highest BCUT2D eigenvalue weighted by Gasteiger charge is 2.08. The van der Waals surface area contributed by atoms with Crippen molar-refractivity contribution in [3.8, 4) is 0 Å². The summed E-state index contributed by atoms with van der Waals surface area (Å²) in [5.41, 5.74) is 0.944. The Balaban J connectivity index is 1.91. The van der Waals surface area contributed by atoms with Crippen LogP contribution in [0.25, 0.3) is 0 Å². The number of hydrogen-bond acceptors (Lipinski definition) is 4. The molecule has 0 radical (unpaired) electrons. The van der Waals surface area contributed by atoms with Gasteiger partial charge in [-0.05, 0) is 35.8 Å². The molecule has 0 aliphatic heterocycles. The highest BCUT2D eigenvalue weighted by molar-refractivity contribution is 9.10. The van der Waals surface area contributed by atoms with Crippen molar-refractivity contribution in [1.29, 1.82) is 0 Å². The van der Waals surface area contributed by atoms with Gasteiger partial charge in [0.25, 0.3) is 0 Å². The molecule has 1 N–H and O–H groups in total. The lowest BCUT2D eigenvalue weighted by Gasteiger charge is -2.09. The molecule has 5 heteroatoms. The summed E-state index contributed by atoms with van der Waals surface area (Å²) in [6.07, 6.45) is 0. The van der Waals surface area contributed by atoms with Gasteiger partial charge in [0.1, 0.15) is 5.76 Å². The Morgan fingerprint density at radius 1 is 1.56 bits per heavy atom. The largest absolute Gasteiger partial charge is 0.361 e. The molecule has 3 nitrogen and oxygen atoms in total. The van der Waals surface area contributed by atoms with Gasteiger partial charge in [0.15, 0.2) is 0 Å². The zero-order valence-electron chi connectivity index (χ0n) is 9.16. The third-order valence-electron chi connectivity index (χ3n) is 2.28. The lowest BCUT2D eigenvalue weighted by atomic mass is 10.2. The van der Waals surface area contributed by atoms with E-state index < -0.39 is 0 Å². The average molecular weight is 301 g/mol. The summed E-state index contributed by atoms with van der Waals surface area (Å²) in [6.45, 7) is 4.77. The van der Waals surface area contributed by atoms with E-state index in [0.29, 0.717) is 6.04 Å². The monoisotopic (exact) mass is 300 g/mol. The Bertz CT molecular complexity index is 466. The molecule has 0 spiro atoms. The van der Waals surface area contributed by atoms with Crippen LogP contribution < -0.4 is 5.32 Å². The smallest absolute Gasteiger partial charge is 0.133 e. The summed E-state index contributed by atoms with van der Waals surface area (Å²) in [5, 5.41) is 9.44. The molecule has 0 amide bonds. The van der Waals surface area contributed by atoms with Crippen LogP contribution >= 0.6 is 27.3 Å². The zero-order valence-corrected chi connectivity index (χ0v) is 11.6. The number of hydrogen-bond donors (Lipinski definition) is 1. The molecule has 1 unspecified atom stereocenters. The maximum absolute atomic E-state index is 5.01. The number of thiophene rings is 1. The van der Waals surface area contributed by atoms with E-state index in [1.807, 2.05) is 13.0 Å². The maximum atomic E-state index is 5.01. The minimum Gasteiger partial charge on any atom is -0.361 e. The Labute approximate surface area is 107 Å². The van der Waals surface area contributed by atoms with Gasteiger partial charge in [0, 0.05) is 33.4 Å². The van der Waals surface area contributed by atoms with E-state index in [4.69, 9.17) is 4.52 Å². The summed E-state index contributed by atoms with van der Waals surface area (Å²) in [7, 11) is 0. The van der Waals surface area contributed by atoms with Crippen LogP contribution in [0.5, 0.6) is 0 Å². The number of halogens is 1. The van der Waals surface area contributed by atoms with Crippen molar-refractivity contribution in [2.24, 2.45) is 0 Å². The van der Waals surface area contributed by atoms with Gasteiger partial charge in [-0.2, -0.15) is 0 Å². The van der Waals surface area contributed by atoms with Crippen LogP contribution in [-0.4, -0.2) is 5.16 Å². The van der Waals surface area contributed by atoms with Crippen LogP contribution in [0.2, 0.25) is 0 Å². The minimum absolute atomic E-state index is 0.327. The first-order valence-corrected chi connectivity index (χ1v) is 6.72. The van der Waals surface area contributed by atoms with E-state index in [1.54, 1.807) is 11.3 Å². The molecule has 2 aromatic heterocycles. The van der Waals surface area contributed by atoms with Gasteiger partial charge in [0.05, 0.1) is 5.69 Å². The highest BCUT2D eigenvalue weighted by atomic mass is 79.9. The molecular weight excluding hydrogens is 288 g/mol. The molecule has 0 aromatic carbocycles. The maximum Gasteiger partial charge on any atom is 0.133 e. The number of rotatable bonds is 4. The van der Waals surface area contributed by atoms with Crippen LogP contribution in [0, 0.1) is 6.92 Å². The van der Waals surface area contributed by atoms with Gasteiger partial charge in [-0.15, -0.1) is 11.3 Å². The number of nitrogens with zero attached hydrogens (tertiary/aromatic N) is 1. The molecule has 0 saturated heterocycles. The molecule has 0 aliphatic carbocycles. The first-order valence-electron chi connectivity index (χ1n) is 5.04. The van der Waals surface area contributed by atoms with Gasteiger partial charge in [-0.3, -0.25) is 0 Å². The Morgan fingerprint density at radius 2 is 2.38 bits per heavy atom. The van der Waals surface area contributed by atoms with Gasteiger partial charge >= 0.3 is 0 Å². The number of nitrogens with one attached hydrogen (secondary N) is 1. The molecule has 1 atom stereocenters. The fourth-order valence-electron chi connectivity index (χ4n) is 1.41. The fraction of sp³-hybridized carbons (Fsp3) is 0.364. The molecule has 0 fully saturated rings. The molecule has 86 valence electrons. The quantitative estimate of drug-likeness (QED) is 0.936. The fourth-order valence-corrected chi connectivity index (χ4v) is 2.89. The lowest BCUT2D eigenvalue weighted by Crippen LogP contribution is -2.17. The normalized spacial score (nSPS) is 12.9. The Hall–Kier alpha value is -0.650. The topological polar surface area (TPSA) is 38.1 Å². The second-order valence-electron chi connectivity index (χ2n) is 3.70. The molecule has 2 rings (SSSR count). The van der Waals surface area contributed by atoms with Crippen LogP contribution in [0.15, 0.2) is 26.5 Å². The number of aryl methyl sites for hydroxylation is 1. The SMILES string of the molecule is Cc1cc(CNC(C)c2cc(Br)cs2)no1. The van der Waals surface area contributed by atoms with E-state index in [9.17, 15) is 0 Å². The van der Waals surface area contributed by atoms with Crippen LogP contribution in [-0.2, 0) is 6.54 Å². The summed E-state index contributed by atoms with van der Waals surface area (Å²) in [5.74, 6) is 0.850. The third kappa shape index (κ3) is 2.93. The predicted octanol–water partition coefficient (Wildman–Crippen LogP) is 3.66. The molecule has 2 aromatic rings. The zero-order chi connectivity index (χ0) is 11.5. The minimum atomic E-state index is 0.327. The first-order chi connectivity index (χ1) is 7.65. The van der Waals surface area contributed by atoms with Crippen LogP contribution in [0.4, 0.5) is 0 Å². The Kier molecular flexibility index (Phi) is 3.78. The van der Waals surface area contributed by atoms with Crippen molar-refractivity contribution >= 4 is 27.3 Å². The molecular formula is C11H13BrN2OS. The third-order valence-corrected chi connectivity index (χ3v) is 4.16. The molecule has 0 bridgehead atoms. The van der Waals surface area contributed by atoms with Crippen molar-refractivity contribution in [2.75, 3.05) is 0 Å². The van der Waals surface area contributed by atoms with E-state index in [0.717, 1.165) is 22.5 Å². The summed E-state index contributed by atoms with van der Waals surface area (Å²) in [4.78, 5) is 1.31. The number of aromatic nitrogens is 1. The first kappa shape index (κ1) is 11.8. The highest BCUT2D eigenvalue weighted by Crippen LogP contribution is 2.25. The van der Waals surface area contributed by atoms with Gasteiger partial charge in [0.2, 0.25) is 0 Å². The van der Waals surface area contributed by atoms with Gasteiger partial charge in [-0.25, -0.2) is 0 Å². The van der Waals surface area contributed by atoms with Gasteiger partial charge in [-0.1, -0.05) is 5.16 Å². The predicted molar refractivity (Wildman–Crippen MR) is 68.5 cm³/mol. The second kappa shape index (κ2) is 5.12. The van der Waals surface area contributed by atoms with Crippen LogP contribution in [0.3, 0.4) is 0 Å². The van der Waals surface area contributed by atoms with Crippen molar-refractivity contribution in [1.82, 2.24) is 10.5 Å². The van der Waals surface area contributed by atoms with E-state index >= 15 is 0 Å². The Morgan fingerprint density at radius 3 is 2.94 bits per heavy atom. The van der Waals surface area contributed by atoms with E-state index in [-0.39, 0.29) is 0 Å². The van der Waals surface area contributed by atoms with E-state index in [2.05, 4.69) is 44.8 Å². The second-order valence-corrected chi connectivity index (χ2v) is 5.56.